The number of ether oxygens (including phenoxy) is 1. The van der Waals surface area contributed by atoms with Crippen LogP contribution in [0.2, 0.25) is 0 Å². The Morgan fingerprint density at radius 2 is 2.19 bits per heavy atom. The fourth-order valence-corrected chi connectivity index (χ4v) is 1.60. The van der Waals surface area contributed by atoms with Gasteiger partial charge in [0.2, 0.25) is 0 Å². The van der Waals surface area contributed by atoms with Crippen LogP contribution in [0, 0.1) is 6.92 Å². The van der Waals surface area contributed by atoms with Crippen LogP contribution in [0.3, 0.4) is 0 Å². The predicted octanol–water partition coefficient (Wildman–Crippen LogP) is 1.99. The summed E-state index contributed by atoms with van der Waals surface area (Å²) in [5, 5.41) is 0. The Morgan fingerprint density at radius 1 is 1.44 bits per heavy atom. The van der Waals surface area contributed by atoms with Crippen molar-refractivity contribution in [3.05, 3.63) is 35.4 Å². The van der Waals surface area contributed by atoms with E-state index in [1.165, 1.54) is 18.2 Å². The summed E-state index contributed by atoms with van der Waals surface area (Å²) in [6, 6.07) is 8.32. The summed E-state index contributed by atoms with van der Waals surface area (Å²) in [5.41, 5.74) is 2.47. The lowest BCUT2D eigenvalue weighted by molar-refractivity contribution is -0.142. The van der Waals surface area contributed by atoms with Gasteiger partial charge in [0, 0.05) is 6.54 Å². The average Bonchev–Trinajstić information content (AvgIpc) is 2.28. The molecule has 16 heavy (non-hydrogen) atoms. The number of likely N-dealkylation sites (N-methyl/N-ethyl adjacent to an activating group) is 1. The summed E-state index contributed by atoms with van der Waals surface area (Å²) in [6.45, 7) is 6.08. The maximum absolute atomic E-state index is 11.2. The molecule has 0 unspecified atom stereocenters. The van der Waals surface area contributed by atoms with Gasteiger partial charge >= 0.3 is 5.97 Å². The van der Waals surface area contributed by atoms with E-state index in [0.717, 1.165) is 13.1 Å². The molecule has 0 aromatic heterocycles. The van der Waals surface area contributed by atoms with Crippen LogP contribution < -0.4 is 0 Å². The summed E-state index contributed by atoms with van der Waals surface area (Å²) >= 11 is 0. The highest BCUT2D eigenvalue weighted by Gasteiger charge is 2.09. The summed E-state index contributed by atoms with van der Waals surface area (Å²) < 4.78 is 4.66. The number of hydrogen-bond donors (Lipinski definition) is 0. The van der Waals surface area contributed by atoms with Crippen LogP contribution >= 0.6 is 0 Å². The zero-order chi connectivity index (χ0) is 12.0. The van der Waals surface area contributed by atoms with Crippen LogP contribution in [0.25, 0.3) is 0 Å². The highest BCUT2D eigenvalue weighted by molar-refractivity contribution is 5.71. The average molecular weight is 221 g/mol. The molecule has 3 heteroatoms. The van der Waals surface area contributed by atoms with Crippen molar-refractivity contribution < 1.29 is 9.53 Å². The lowest BCUT2D eigenvalue weighted by Gasteiger charge is -2.19. The second kappa shape index (κ2) is 6.28. The largest absolute Gasteiger partial charge is 0.468 e. The molecule has 1 aromatic rings. The minimum Gasteiger partial charge on any atom is -0.468 e. The molecule has 0 aliphatic rings. The first kappa shape index (κ1) is 12.7. The Labute approximate surface area is 97.0 Å². The molecule has 0 amide bonds. The lowest BCUT2D eigenvalue weighted by Crippen LogP contribution is -2.29. The Hall–Kier alpha value is -1.35. The number of hydrogen-bond acceptors (Lipinski definition) is 3. The second-order valence-electron chi connectivity index (χ2n) is 3.87. The van der Waals surface area contributed by atoms with Crippen molar-refractivity contribution in [3.63, 3.8) is 0 Å². The number of carbonyl (C=O) groups is 1. The van der Waals surface area contributed by atoms with E-state index in [4.69, 9.17) is 0 Å². The highest BCUT2D eigenvalue weighted by Crippen LogP contribution is 2.07. The molecular weight excluding hydrogens is 202 g/mol. The van der Waals surface area contributed by atoms with Crippen molar-refractivity contribution >= 4 is 5.97 Å². The fraction of sp³-hybridized carbons (Fsp3) is 0.462. The van der Waals surface area contributed by atoms with Crippen LogP contribution in [-0.4, -0.2) is 31.1 Å². The Kier molecular flexibility index (Phi) is 4.99. The maximum Gasteiger partial charge on any atom is 0.319 e. The number of rotatable bonds is 5. The van der Waals surface area contributed by atoms with E-state index in [1.54, 1.807) is 0 Å². The molecule has 0 aliphatic heterocycles. The summed E-state index contributed by atoms with van der Waals surface area (Å²) in [7, 11) is 1.42. The fourth-order valence-electron chi connectivity index (χ4n) is 1.60. The number of benzene rings is 1. The van der Waals surface area contributed by atoms with Gasteiger partial charge in [-0.05, 0) is 19.0 Å². The molecule has 0 bridgehead atoms. The van der Waals surface area contributed by atoms with Gasteiger partial charge in [-0.1, -0.05) is 36.8 Å². The number of esters is 1. The number of aryl methyl sites for hydroxylation is 1. The van der Waals surface area contributed by atoms with Gasteiger partial charge in [0.15, 0.2) is 0 Å². The van der Waals surface area contributed by atoms with Crippen molar-refractivity contribution in [3.8, 4) is 0 Å². The predicted molar refractivity (Wildman–Crippen MR) is 64.1 cm³/mol. The van der Waals surface area contributed by atoms with Crippen molar-refractivity contribution in [2.75, 3.05) is 20.2 Å². The van der Waals surface area contributed by atoms with Gasteiger partial charge in [0.1, 0.15) is 0 Å². The first-order valence-corrected chi connectivity index (χ1v) is 5.50. The molecule has 0 radical (unpaired) electrons. The lowest BCUT2D eigenvalue weighted by atomic mass is 10.1. The molecule has 0 aliphatic carbocycles. The summed E-state index contributed by atoms with van der Waals surface area (Å²) in [4.78, 5) is 13.2. The molecule has 3 nitrogen and oxygen atoms in total. The van der Waals surface area contributed by atoms with Crippen LogP contribution in [0.15, 0.2) is 24.3 Å². The van der Waals surface area contributed by atoms with Gasteiger partial charge in [-0.25, -0.2) is 0 Å². The zero-order valence-electron chi connectivity index (χ0n) is 10.2. The molecular formula is C13H19NO2. The Balaban J connectivity index is 2.59. The number of methoxy groups -OCH3 is 1. The Bertz CT molecular complexity index is 350. The number of carbonyl (C=O) groups excluding carboxylic acids is 1. The van der Waals surface area contributed by atoms with Gasteiger partial charge in [0.25, 0.3) is 0 Å². The third kappa shape index (κ3) is 4.03. The molecule has 1 rings (SSSR count). The zero-order valence-corrected chi connectivity index (χ0v) is 10.2. The molecule has 0 saturated heterocycles. The normalized spacial score (nSPS) is 10.5. The molecule has 0 saturated carbocycles. The summed E-state index contributed by atoms with van der Waals surface area (Å²) in [5.74, 6) is -0.186. The highest BCUT2D eigenvalue weighted by atomic mass is 16.5. The van der Waals surface area contributed by atoms with E-state index in [2.05, 4.69) is 34.8 Å². The summed E-state index contributed by atoms with van der Waals surface area (Å²) in [6.07, 6.45) is 0. The van der Waals surface area contributed by atoms with Crippen LogP contribution in [0.5, 0.6) is 0 Å². The van der Waals surface area contributed by atoms with Crippen molar-refractivity contribution in [2.24, 2.45) is 0 Å². The molecule has 0 fully saturated rings. The molecule has 0 N–H and O–H groups in total. The quantitative estimate of drug-likeness (QED) is 0.712. The van der Waals surface area contributed by atoms with Gasteiger partial charge in [-0.3, -0.25) is 9.69 Å². The van der Waals surface area contributed by atoms with E-state index in [1.807, 2.05) is 13.0 Å². The van der Waals surface area contributed by atoms with E-state index in [-0.39, 0.29) is 5.97 Å². The molecule has 88 valence electrons. The molecule has 0 heterocycles. The third-order valence-corrected chi connectivity index (χ3v) is 2.52. The van der Waals surface area contributed by atoms with E-state index < -0.39 is 0 Å². The molecule has 0 atom stereocenters. The van der Waals surface area contributed by atoms with Crippen LogP contribution in [0.1, 0.15) is 18.1 Å². The number of nitrogens with zero attached hydrogens (tertiary/aromatic N) is 1. The first-order chi connectivity index (χ1) is 7.65. The van der Waals surface area contributed by atoms with Crippen LogP contribution in [0.4, 0.5) is 0 Å². The monoisotopic (exact) mass is 221 g/mol. The van der Waals surface area contributed by atoms with Crippen molar-refractivity contribution in [2.45, 2.75) is 20.4 Å². The Morgan fingerprint density at radius 3 is 2.75 bits per heavy atom. The van der Waals surface area contributed by atoms with Gasteiger partial charge in [-0.15, -0.1) is 0 Å². The minimum absolute atomic E-state index is 0.186. The topological polar surface area (TPSA) is 29.5 Å². The van der Waals surface area contributed by atoms with E-state index >= 15 is 0 Å². The molecule has 1 aromatic carbocycles. The van der Waals surface area contributed by atoms with Crippen molar-refractivity contribution in [1.29, 1.82) is 0 Å². The minimum atomic E-state index is -0.186. The van der Waals surface area contributed by atoms with E-state index in [9.17, 15) is 4.79 Å². The van der Waals surface area contributed by atoms with Gasteiger partial charge < -0.3 is 4.74 Å². The van der Waals surface area contributed by atoms with Gasteiger partial charge in [0.05, 0.1) is 13.7 Å². The van der Waals surface area contributed by atoms with E-state index in [0.29, 0.717) is 6.54 Å². The first-order valence-electron chi connectivity index (χ1n) is 5.50. The third-order valence-electron chi connectivity index (χ3n) is 2.52. The second-order valence-corrected chi connectivity index (χ2v) is 3.87. The SMILES string of the molecule is CCN(CC(=O)OC)Cc1cccc(C)c1. The molecule has 0 spiro atoms. The van der Waals surface area contributed by atoms with Crippen LogP contribution in [-0.2, 0) is 16.1 Å². The standard InChI is InChI=1S/C13H19NO2/c1-4-14(10-13(15)16-3)9-12-7-5-6-11(2)8-12/h5-8H,4,9-10H2,1-3H3. The maximum atomic E-state index is 11.2. The van der Waals surface area contributed by atoms with Gasteiger partial charge in [-0.2, -0.15) is 0 Å². The smallest absolute Gasteiger partial charge is 0.319 e. The van der Waals surface area contributed by atoms with Crippen molar-refractivity contribution in [1.82, 2.24) is 4.90 Å².